The average molecular weight is 386 g/mol. The van der Waals surface area contributed by atoms with E-state index in [-0.39, 0.29) is 23.5 Å². The molecule has 0 aromatic heterocycles. The summed E-state index contributed by atoms with van der Waals surface area (Å²) in [5.74, 6) is 0.128. The van der Waals surface area contributed by atoms with E-state index in [4.69, 9.17) is 27.9 Å². The minimum absolute atomic E-state index is 0.0156. The summed E-state index contributed by atoms with van der Waals surface area (Å²) in [4.78, 5) is 12.0. The fraction of sp³-hybridized carbons (Fsp3) is 0.278. The Hall–Kier alpha value is -1.82. The number of hydrogen-bond acceptors (Lipinski definition) is 2. The number of quaternary nitrogens is 1. The molecule has 0 saturated heterocycles. The van der Waals surface area contributed by atoms with Crippen LogP contribution in [0.15, 0.2) is 36.4 Å². The van der Waals surface area contributed by atoms with Gasteiger partial charge in [-0.2, -0.15) is 0 Å². The van der Waals surface area contributed by atoms with Crippen molar-refractivity contribution in [1.29, 1.82) is 0 Å². The molecular weight excluding hydrogens is 366 g/mol. The molecule has 3 N–H and O–H groups in total. The third kappa shape index (κ3) is 5.59. The summed E-state index contributed by atoms with van der Waals surface area (Å²) in [6.45, 7) is 2.49. The molecule has 0 aliphatic heterocycles. The van der Waals surface area contributed by atoms with Gasteiger partial charge in [0.15, 0.2) is 6.54 Å². The summed E-state index contributed by atoms with van der Waals surface area (Å²) in [5.41, 5.74) is 1.58. The van der Waals surface area contributed by atoms with Crippen molar-refractivity contribution in [3.05, 3.63) is 63.4 Å². The predicted molar refractivity (Wildman–Crippen MR) is 96.5 cm³/mol. The molecule has 7 heteroatoms. The third-order valence-corrected chi connectivity index (χ3v) is 4.45. The second-order valence-electron chi connectivity index (χ2n) is 5.64. The first-order chi connectivity index (χ1) is 11.9. The molecule has 0 aliphatic rings. The SMILES string of the molecule is COc1ccc(CNC(=O)C[NH2+][C@@H](C)c2cc(F)c(Cl)cc2Cl)cc1. The summed E-state index contributed by atoms with van der Waals surface area (Å²) < 4.78 is 18.7. The van der Waals surface area contributed by atoms with E-state index >= 15 is 0 Å². The van der Waals surface area contributed by atoms with Crippen molar-refractivity contribution in [2.45, 2.75) is 19.5 Å². The van der Waals surface area contributed by atoms with Gasteiger partial charge in [0.05, 0.1) is 17.2 Å². The van der Waals surface area contributed by atoms with Gasteiger partial charge < -0.3 is 15.4 Å². The monoisotopic (exact) mass is 385 g/mol. The van der Waals surface area contributed by atoms with Crippen LogP contribution >= 0.6 is 23.2 Å². The molecule has 2 aromatic carbocycles. The summed E-state index contributed by atoms with van der Waals surface area (Å²) in [6.07, 6.45) is 0. The van der Waals surface area contributed by atoms with Crippen molar-refractivity contribution in [3.63, 3.8) is 0 Å². The first kappa shape index (κ1) is 19.5. The lowest BCUT2D eigenvalue weighted by atomic mass is 10.1. The molecule has 0 unspecified atom stereocenters. The van der Waals surface area contributed by atoms with Gasteiger partial charge in [0.1, 0.15) is 17.6 Å². The zero-order valence-corrected chi connectivity index (χ0v) is 15.5. The number of ether oxygens (including phenoxy) is 1. The second kappa shape index (κ2) is 9.04. The van der Waals surface area contributed by atoms with Crippen LogP contribution in [0.4, 0.5) is 4.39 Å². The number of hydrogen-bond donors (Lipinski definition) is 2. The molecule has 2 rings (SSSR count). The van der Waals surface area contributed by atoms with Gasteiger partial charge in [-0.1, -0.05) is 35.3 Å². The standard InChI is InChI=1S/C18H19Cl2FN2O2/c1-11(14-7-17(21)16(20)8-15(14)19)22-10-18(24)23-9-12-3-5-13(25-2)6-4-12/h3-8,11,22H,9-10H2,1-2H3,(H,23,24)/p+1/t11-/m0/s1. The van der Waals surface area contributed by atoms with Gasteiger partial charge in [-0.25, -0.2) is 4.39 Å². The molecule has 0 aliphatic carbocycles. The molecule has 0 bridgehead atoms. The van der Waals surface area contributed by atoms with Crippen molar-refractivity contribution in [2.75, 3.05) is 13.7 Å². The summed E-state index contributed by atoms with van der Waals surface area (Å²) >= 11 is 11.8. The summed E-state index contributed by atoms with van der Waals surface area (Å²) in [6, 6.07) is 9.97. The topological polar surface area (TPSA) is 54.9 Å². The van der Waals surface area contributed by atoms with Crippen molar-refractivity contribution < 1.29 is 19.2 Å². The molecule has 25 heavy (non-hydrogen) atoms. The second-order valence-corrected chi connectivity index (χ2v) is 6.46. The maximum atomic E-state index is 13.6. The molecule has 0 saturated carbocycles. The van der Waals surface area contributed by atoms with Crippen molar-refractivity contribution >= 4 is 29.1 Å². The van der Waals surface area contributed by atoms with Gasteiger partial charge in [-0.3, -0.25) is 4.79 Å². The maximum absolute atomic E-state index is 13.6. The number of halogens is 3. The molecule has 0 radical (unpaired) electrons. The minimum Gasteiger partial charge on any atom is -0.497 e. The highest BCUT2D eigenvalue weighted by molar-refractivity contribution is 6.35. The zero-order chi connectivity index (χ0) is 18.4. The van der Waals surface area contributed by atoms with Gasteiger partial charge >= 0.3 is 0 Å². The van der Waals surface area contributed by atoms with Crippen LogP contribution in [-0.4, -0.2) is 19.6 Å². The van der Waals surface area contributed by atoms with E-state index in [1.165, 1.54) is 12.1 Å². The maximum Gasteiger partial charge on any atom is 0.275 e. The normalized spacial score (nSPS) is 11.9. The molecule has 4 nitrogen and oxygen atoms in total. The number of carbonyl (C=O) groups excluding carboxylic acids is 1. The number of benzene rings is 2. The average Bonchev–Trinajstić information content (AvgIpc) is 2.61. The van der Waals surface area contributed by atoms with Crippen molar-refractivity contribution in [3.8, 4) is 5.75 Å². The first-order valence-electron chi connectivity index (χ1n) is 7.78. The number of amides is 1. The Kier molecular flexibility index (Phi) is 7.05. The lowest BCUT2D eigenvalue weighted by molar-refractivity contribution is -0.682. The lowest BCUT2D eigenvalue weighted by Gasteiger charge is -2.13. The first-order valence-corrected chi connectivity index (χ1v) is 8.53. The van der Waals surface area contributed by atoms with E-state index in [2.05, 4.69) is 5.32 Å². The number of nitrogens with one attached hydrogen (secondary N) is 1. The summed E-state index contributed by atoms with van der Waals surface area (Å²) in [5, 5.41) is 5.00. The smallest absolute Gasteiger partial charge is 0.275 e. The van der Waals surface area contributed by atoms with Crippen LogP contribution in [0.5, 0.6) is 5.75 Å². The zero-order valence-electron chi connectivity index (χ0n) is 14.0. The number of rotatable bonds is 7. The van der Waals surface area contributed by atoms with Gasteiger partial charge in [0.2, 0.25) is 0 Å². The van der Waals surface area contributed by atoms with Gasteiger partial charge in [0.25, 0.3) is 5.91 Å². The fourth-order valence-corrected chi connectivity index (χ4v) is 2.87. The highest BCUT2D eigenvalue weighted by Gasteiger charge is 2.17. The predicted octanol–water partition coefficient (Wildman–Crippen LogP) is 3.08. The van der Waals surface area contributed by atoms with E-state index < -0.39 is 5.82 Å². The van der Waals surface area contributed by atoms with Crippen LogP contribution in [0.1, 0.15) is 24.1 Å². The molecule has 1 amide bonds. The van der Waals surface area contributed by atoms with E-state index in [0.717, 1.165) is 11.3 Å². The van der Waals surface area contributed by atoms with Crippen LogP contribution in [0.3, 0.4) is 0 Å². The summed E-state index contributed by atoms with van der Waals surface area (Å²) in [7, 11) is 1.60. The molecule has 134 valence electrons. The molecule has 2 aromatic rings. The van der Waals surface area contributed by atoms with Gasteiger partial charge in [-0.15, -0.1) is 0 Å². The Labute approximate surface area is 156 Å². The molecule has 0 spiro atoms. The molecule has 0 heterocycles. The fourth-order valence-electron chi connectivity index (χ4n) is 2.31. The van der Waals surface area contributed by atoms with Crippen molar-refractivity contribution in [2.24, 2.45) is 0 Å². The highest BCUT2D eigenvalue weighted by atomic mass is 35.5. The Morgan fingerprint density at radius 3 is 2.56 bits per heavy atom. The largest absolute Gasteiger partial charge is 0.497 e. The Morgan fingerprint density at radius 2 is 1.92 bits per heavy atom. The lowest BCUT2D eigenvalue weighted by Crippen LogP contribution is -2.87. The quantitative estimate of drug-likeness (QED) is 0.719. The van der Waals surface area contributed by atoms with Crippen LogP contribution in [-0.2, 0) is 11.3 Å². The molecule has 1 atom stereocenters. The number of nitrogens with two attached hydrogens (primary N) is 1. The van der Waals surface area contributed by atoms with Crippen molar-refractivity contribution in [1.82, 2.24) is 5.32 Å². The van der Waals surface area contributed by atoms with Crippen LogP contribution in [0, 0.1) is 5.82 Å². The van der Waals surface area contributed by atoms with Crippen LogP contribution in [0.25, 0.3) is 0 Å². The van der Waals surface area contributed by atoms with Gasteiger partial charge in [-0.05, 0) is 36.8 Å². The van der Waals surface area contributed by atoms with Crippen LogP contribution in [0.2, 0.25) is 10.0 Å². The highest BCUT2D eigenvalue weighted by Crippen LogP contribution is 2.27. The Bertz CT molecular complexity index is 739. The van der Waals surface area contributed by atoms with Gasteiger partial charge in [0, 0.05) is 12.1 Å². The minimum atomic E-state index is -0.523. The van der Waals surface area contributed by atoms with E-state index in [9.17, 15) is 9.18 Å². The number of methoxy groups -OCH3 is 1. The number of carbonyl (C=O) groups is 1. The Morgan fingerprint density at radius 1 is 1.24 bits per heavy atom. The molecule has 0 fully saturated rings. The Balaban J connectivity index is 1.83. The molecular formula is C18H20Cl2FN2O2+. The third-order valence-electron chi connectivity index (χ3n) is 3.84. The van der Waals surface area contributed by atoms with E-state index in [0.29, 0.717) is 17.1 Å². The van der Waals surface area contributed by atoms with Crippen LogP contribution < -0.4 is 15.4 Å². The van der Waals surface area contributed by atoms with E-state index in [1.807, 2.05) is 31.2 Å². The van der Waals surface area contributed by atoms with E-state index in [1.54, 1.807) is 12.4 Å².